The molecule has 1 aliphatic heterocycles. The number of aliphatic hydroxyl groups is 1. The van der Waals surface area contributed by atoms with E-state index in [2.05, 4.69) is 5.32 Å². The number of hydrogen-bond donors (Lipinski definition) is 2. The van der Waals surface area contributed by atoms with Gasteiger partial charge in [-0.1, -0.05) is 0 Å². The second kappa shape index (κ2) is 1.82. The molecule has 0 spiro atoms. The molecule has 0 amide bonds. The van der Waals surface area contributed by atoms with Crippen molar-refractivity contribution < 1.29 is 9.67 Å². The van der Waals surface area contributed by atoms with E-state index in [-0.39, 0.29) is 0 Å². The fraction of sp³-hybridized carbons (Fsp3) is 1.00. The largest absolute Gasteiger partial charge is 0.379 e. The van der Waals surface area contributed by atoms with Gasteiger partial charge < -0.3 is 15.0 Å². The van der Waals surface area contributed by atoms with Gasteiger partial charge in [0.05, 0.1) is 0 Å². The van der Waals surface area contributed by atoms with Crippen molar-refractivity contribution in [2.24, 2.45) is 0 Å². The van der Waals surface area contributed by atoms with E-state index < -0.39 is 12.5 Å². The maximum atomic E-state index is 11.2. The summed E-state index contributed by atoms with van der Waals surface area (Å²) in [5.41, 5.74) is 0. The summed E-state index contributed by atoms with van der Waals surface area (Å²) in [5, 5.41) is 11.4. The van der Waals surface area contributed by atoms with E-state index >= 15 is 0 Å². The van der Waals surface area contributed by atoms with Crippen LogP contribution in [0.3, 0.4) is 0 Å². The molecule has 54 valence electrons. The summed E-state index contributed by atoms with van der Waals surface area (Å²) >= 11 is 0. The molecule has 0 aromatic rings. The summed E-state index contributed by atoms with van der Waals surface area (Å²) in [6, 6.07) is 0. The highest BCUT2D eigenvalue weighted by molar-refractivity contribution is 7.63. The van der Waals surface area contributed by atoms with Gasteiger partial charge in [0.25, 0.3) is 0 Å². The van der Waals surface area contributed by atoms with Crippen molar-refractivity contribution in [3.63, 3.8) is 0 Å². The lowest BCUT2D eigenvalue weighted by Crippen LogP contribution is -2.58. The molecule has 1 aliphatic rings. The topological polar surface area (TPSA) is 49.3 Å². The van der Waals surface area contributed by atoms with E-state index in [1.807, 2.05) is 0 Å². The maximum Gasteiger partial charge on any atom is 0.141 e. The monoisotopic (exact) mass is 149 g/mol. The van der Waals surface area contributed by atoms with Gasteiger partial charge in [-0.3, -0.25) is 0 Å². The highest BCUT2D eigenvalue weighted by Gasteiger charge is 2.44. The first-order chi connectivity index (χ1) is 3.96. The lowest BCUT2D eigenvalue weighted by molar-refractivity contribution is 0.0685. The van der Waals surface area contributed by atoms with E-state index in [1.165, 1.54) is 0 Å². The summed E-state index contributed by atoms with van der Waals surface area (Å²) in [4.78, 5) is 0. The molecule has 0 atom stereocenters. The van der Waals surface area contributed by atoms with Gasteiger partial charge >= 0.3 is 0 Å². The molecule has 0 bridgehead atoms. The average Bonchev–Trinajstić information content (AvgIpc) is 1.57. The minimum absolute atomic E-state index is 0.483. The van der Waals surface area contributed by atoms with Gasteiger partial charge in [-0.2, -0.15) is 0 Å². The molecule has 1 heterocycles. The zero-order chi connectivity index (χ0) is 7.12. The zero-order valence-corrected chi connectivity index (χ0v) is 6.61. The molecule has 9 heavy (non-hydrogen) atoms. The van der Waals surface area contributed by atoms with E-state index in [0.717, 1.165) is 0 Å². The molecule has 0 saturated carbocycles. The second-order valence-electron chi connectivity index (χ2n) is 2.94. The third-order valence-electron chi connectivity index (χ3n) is 1.82. The minimum atomic E-state index is -2.29. The normalized spacial score (nSPS) is 25.2. The fourth-order valence-electron chi connectivity index (χ4n) is 0.729. The molecule has 0 unspecified atom stereocenters. The number of hydrogen-bond acceptors (Lipinski definition) is 3. The summed E-state index contributed by atoms with van der Waals surface area (Å²) in [7, 11) is -2.29. The first-order valence-corrected chi connectivity index (χ1v) is 5.54. The summed E-state index contributed by atoms with van der Waals surface area (Å²) in [6.07, 6.45) is 0. The van der Waals surface area contributed by atoms with Crippen LogP contribution in [0.1, 0.15) is 0 Å². The van der Waals surface area contributed by atoms with Gasteiger partial charge in [0.15, 0.2) is 0 Å². The quantitative estimate of drug-likeness (QED) is 0.512. The van der Waals surface area contributed by atoms with E-state index in [4.69, 9.17) is 0 Å². The minimum Gasteiger partial charge on any atom is -0.379 e. The van der Waals surface area contributed by atoms with Crippen molar-refractivity contribution in [2.45, 2.75) is 5.34 Å². The van der Waals surface area contributed by atoms with Gasteiger partial charge in [0.2, 0.25) is 0 Å². The highest BCUT2D eigenvalue weighted by atomic mass is 31.2. The molecule has 0 aromatic heterocycles. The summed E-state index contributed by atoms with van der Waals surface area (Å²) < 4.78 is 11.2. The van der Waals surface area contributed by atoms with Crippen LogP contribution < -0.4 is 5.32 Å². The van der Waals surface area contributed by atoms with Gasteiger partial charge in [-0.25, -0.2) is 0 Å². The Labute approximate surface area is 54.8 Å². The second-order valence-corrected chi connectivity index (χ2v) is 6.47. The first-order valence-electron chi connectivity index (χ1n) is 2.94. The maximum absolute atomic E-state index is 11.2. The van der Waals surface area contributed by atoms with E-state index in [9.17, 15) is 9.67 Å². The Morgan fingerprint density at radius 3 is 2.00 bits per heavy atom. The molecule has 1 rings (SSSR count). The Balaban J connectivity index is 2.71. The lowest BCUT2D eigenvalue weighted by atomic mass is 10.2. The van der Waals surface area contributed by atoms with Crippen LogP contribution in [-0.4, -0.2) is 36.9 Å². The Hall–Kier alpha value is 0.150. The Morgan fingerprint density at radius 2 is 2.00 bits per heavy atom. The highest BCUT2D eigenvalue weighted by Crippen LogP contribution is 2.51. The number of nitrogens with one attached hydrogen (secondary N) is 1. The van der Waals surface area contributed by atoms with Crippen LogP contribution >= 0.6 is 7.14 Å². The molecule has 0 aromatic carbocycles. The fourth-order valence-corrected chi connectivity index (χ4v) is 1.71. The van der Waals surface area contributed by atoms with Crippen LogP contribution in [0, 0.1) is 0 Å². The van der Waals surface area contributed by atoms with E-state index in [1.54, 1.807) is 13.3 Å². The number of β-amino-alcohol motifs (C(OH)–C–C–N with tert-alkyl or cyclic N) is 1. The molecule has 0 aliphatic carbocycles. The van der Waals surface area contributed by atoms with Crippen LogP contribution in [0.25, 0.3) is 0 Å². The third-order valence-corrected chi connectivity index (χ3v) is 4.14. The van der Waals surface area contributed by atoms with Crippen molar-refractivity contribution in [2.75, 3.05) is 26.4 Å². The molecule has 1 fully saturated rings. The zero-order valence-electron chi connectivity index (χ0n) is 5.72. The predicted molar refractivity (Wildman–Crippen MR) is 37.3 cm³/mol. The summed E-state index contributed by atoms with van der Waals surface area (Å²) in [6.45, 7) is 4.20. The van der Waals surface area contributed by atoms with Crippen LogP contribution in [-0.2, 0) is 4.57 Å². The molecule has 1 saturated heterocycles. The molecule has 0 radical (unpaired) electrons. The van der Waals surface area contributed by atoms with Gasteiger partial charge in [0, 0.05) is 13.1 Å². The smallest absolute Gasteiger partial charge is 0.141 e. The van der Waals surface area contributed by atoms with Gasteiger partial charge in [0.1, 0.15) is 12.5 Å². The Kier molecular flexibility index (Phi) is 1.46. The first kappa shape index (κ1) is 7.26. The predicted octanol–water partition coefficient (Wildman–Crippen LogP) is -0.0991. The van der Waals surface area contributed by atoms with Gasteiger partial charge in [-0.15, -0.1) is 0 Å². The number of rotatable bonds is 1. The lowest BCUT2D eigenvalue weighted by Gasteiger charge is -2.40. The Bertz CT molecular complexity index is 158. The molecular weight excluding hydrogens is 137 g/mol. The standard InChI is InChI=1S/C5H12NO2P/c1-9(2,8)5(7)3-6-4-5/h6-7H,3-4H2,1-2H3. The van der Waals surface area contributed by atoms with Crippen LogP contribution in [0.15, 0.2) is 0 Å². The van der Waals surface area contributed by atoms with Crippen molar-refractivity contribution in [3.05, 3.63) is 0 Å². The van der Waals surface area contributed by atoms with Crippen LogP contribution in [0.4, 0.5) is 0 Å². The van der Waals surface area contributed by atoms with Gasteiger partial charge in [-0.05, 0) is 13.3 Å². The van der Waals surface area contributed by atoms with Crippen LogP contribution in [0.2, 0.25) is 0 Å². The van der Waals surface area contributed by atoms with Crippen molar-refractivity contribution in [1.29, 1.82) is 0 Å². The van der Waals surface area contributed by atoms with Crippen LogP contribution in [0.5, 0.6) is 0 Å². The van der Waals surface area contributed by atoms with E-state index in [0.29, 0.717) is 13.1 Å². The summed E-state index contributed by atoms with van der Waals surface area (Å²) in [5.74, 6) is 0. The van der Waals surface area contributed by atoms with Crippen molar-refractivity contribution in [1.82, 2.24) is 5.32 Å². The third kappa shape index (κ3) is 1.05. The molecule has 3 nitrogen and oxygen atoms in total. The molecular formula is C5H12NO2P. The molecule has 4 heteroatoms. The SMILES string of the molecule is CP(C)(=O)C1(O)CNC1. The Morgan fingerprint density at radius 1 is 1.56 bits per heavy atom. The molecule has 2 N–H and O–H groups in total. The average molecular weight is 149 g/mol. The van der Waals surface area contributed by atoms with Crippen molar-refractivity contribution >= 4 is 7.14 Å². The van der Waals surface area contributed by atoms with Crippen molar-refractivity contribution in [3.8, 4) is 0 Å².